The minimum atomic E-state index is -3.59. The molecule has 9 nitrogen and oxygen atoms in total. The maximum absolute atomic E-state index is 12.2. The van der Waals surface area contributed by atoms with Crippen LogP contribution in [-0.4, -0.2) is 53.7 Å². The predicted molar refractivity (Wildman–Crippen MR) is 112 cm³/mol. The van der Waals surface area contributed by atoms with E-state index in [0.29, 0.717) is 12.5 Å². The number of hydrogen-bond acceptors (Lipinski definition) is 6. The lowest BCUT2D eigenvalue weighted by atomic mass is 10.1. The third-order valence-corrected chi connectivity index (χ3v) is 5.58. The average molecular weight is 422 g/mol. The number of nitrogens with zero attached hydrogens (tertiary/aromatic N) is 2. The Kier molecular flexibility index (Phi) is 8.22. The number of guanidine groups is 1. The molecule has 0 aliphatic carbocycles. The van der Waals surface area contributed by atoms with E-state index in [9.17, 15) is 8.42 Å². The molecule has 0 spiro atoms. The minimum Gasteiger partial charge on any atom is -0.497 e. The molecule has 0 saturated heterocycles. The van der Waals surface area contributed by atoms with E-state index in [0.717, 1.165) is 17.1 Å². The van der Waals surface area contributed by atoms with Crippen LogP contribution in [0.3, 0.4) is 0 Å². The molecule has 1 aromatic carbocycles. The van der Waals surface area contributed by atoms with Gasteiger partial charge in [0.25, 0.3) is 0 Å². The van der Waals surface area contributed by atoms with Crippen LogP contribution in [0.15, 0.2) is 52.6 Å². The van der Waals surface area contributed by atoms with Gasteiger partial charge in [0.2, 0.25) is 10.0 Å². The molecule has 1 aromatic heterocycles. The van der Waals surface area contributed by atoms with E-state index in [1.54, 1.807) is 27.3 Å². The van der Waals surface area contributed by atoms with Crippen LogP contribution in [0.2, 0.25) is 0 Å². The lowest BCUT2D eigenvalue weighted by Crippen LogP contribution is -2.42. The number of aromatic nitrogens is 1. The van der Waals surface area contributed by atoms with Crippen LogP contribution >= 0.6 is 0 Å². The summed E-state index contributed by atoms with van der Waals surface area (Å²) in [6.07, 6.45) is 2.83. The van der Waals surface area contributed by atoms with E-state index in [4.69, 9.17) is 9.47 Å². The molecule has 1 unspecified atom stereocenters. The smallest absolute Gasteiger partial charge is 0.242 e. The van der Waals surface area contributed by atoms with Gasteiger partial charge in [-0.1, -0.05) is 0 Å². The number of methoxy groups -OCH3 is 2. The zero-order chi connectivity index (χ0) is 21.3. The molecular formula is C19H27N5O4S. The first-order chi connectivity index (χ1) is 13.9. The summed E-state index contributed by atoms with van der Waals surface area (Å²) in [5.74, 6) is 1.98. The molecular weight excluding hydrogens is 394 g/mol. The van der Waals surface area contributed by atoms with Crippen molar-refractivity contribution < 1.29 is 17.9 Å². The molecule has 1 atom stereocenters. The van der Waals surface area contributed by atoms with Crippen molar-refractivity contribution in [1.29, 1.82) is 0 Å². The van der Waals surface area contributed by atoms with Crippen molar-refractivity contribution in [1.82, 2.24) is 20.3 Å². The summed E-state index contributed by atoms with van der Waals surface area (Å²) in [5.41, 5.74) is 0.909. The van der Waals surface area contributed by atoms with Crippen molar-refractivity contribution in [2.24, 2.45) is 4.99 Å². The standard InChI is InChI=1S/C19H27N5O4S/c1-14(17-12-15(27-3)7-8-18(17)28-4)24-19(20-2)22-10-11-23-29(25,26)16-6-5-9-21-13-16/h5-9,12-14,23H,10-11H2,1-4H3,(H2,20,22,24). The number of nitrogens with one attached hydrogen (secondary N) is 3. The minimum absolute atomic E-state index is 0.126. The SMILES string of the molecule is CN=C(NCCNS(=O)(=O)c1cccnc1)NC(C)c1cc(OC)ccc1OC. The van der Waals surface area contributed by atoms with Gasteiger partial charge in [0.15, 0.2) is 5.96 Å². The number of ether oxygens (including phenoxy) is 2. The summed E-state index contributed by atoms with van der Waals surface area (Å²) in [6, 6.07) is 8.51. The van der Waals surface area contributed by atoms with Crippen LogP contribution < -0.4 is 24.8 Å². The summed E-state index contributed by atoms with van der Waals surface area (Å²) in [6.45, 7) is 2.51. The zero-order valence-electron chi connectivity index (χ0n) is 17.0. The number of sulfonamides is 1. The Morgan fingerprint density at radius 3 is 2.62 bits per heavy atom. The van der Waals surface area contributed by atoms with E-state index >= 15 is 0 Å². The Balaban J connectivity index is 1.91. The second-order valence-electron chi connectivity index (χ2n) is 6.06. The summed E-state index contributed by atoms with van der Waals surface area (Å²) in [5, 5.41) is 6.34. The van der Waals surface area contributed by atoms with Gasteiger partial charge in [0.05, 0.1) is 20.3 Å². The summed E-state index contributed by atoms with van der Waals surface area (Å²) >= 11 is 0. The Morgan fingerprint density at radius 2 is 2.00 bits per heavy atom. The first-order valence-electron chi connectivity index (χ1n) is 9.00. The summed E-state index contributed by atoms with van der Waals surface area (Å²) < 4.78 is 37.6. The second-order valence-corrected chi connectivity index (χ2v) is 7.83. The van der Waals surface area contributed by atoms with Crippen molar-refractivity contribution in [3.05, 3.63) is 48.3 Å². The first-order valence-corrected chi connectivity index (χ1v) is 10.5. The third kappa shape index (κ3) is 6.33. The van der Waals surface area contributed by atoms with E-state index in [-0.39, 0.29) is 17.5 Å². The lowest BCUT2D eigenvalue weighted by Gasteiger charge is -2.21. The zero-order valence-corrected chi connectivity index (χ0v) is 17.8. The van der Waals surface area contributed by atoms with Crippen LogP contribution in [-0.2, 0) is 10.0 Å². The molecule has 0 radical (unpaired) electrons. The number of aliphatic imine (C=N–C) groups is 1. The largest absolute Gasteiger partial charge is 0.497 e. The van der Waals surface area contributed by atoms with Crippen LogP contribution in [0.4, 0.5) is 0 Å². The highest BCUT2D eigenvalue weighted by atomic mass is 32.2. The molecule has 1 heterocycles. The molecule has 0 fully saturated rings. The van der Waals surface area contributed by atoms with E-state index in [2.05, 4.69) is 25.3 Å². The van der Waals surface area contributed by atoms with Gasteiger partial charge in [-0.2, -0.15) is 0 Å². The van der Waals surface area contributed by atoms with Gasteiger partial charge >= 0.3 is 0 Å². The van der Waals surface area contributed by atoms with Gasteiger partial charge in [-0.15, -0.1) is 0 Å². The highest BCUT2D eigenvalue weighted by Gasteiger charge is 2.15. The number of pyridine rings is 1. The van der Waals surface area contributed by atoms with Crippen molar-refractivity contribution in [2.75, 3.05) is 34.4 Å². The molecule has 3 N–H and O–H groups in total. The van der Waals surface area contributed by atoms with Crippen molar-refractivity contribution in [3.8, 4) is 11.5 Å². The normalized spacial score (nSPS) is 12.9. The molecule has 0 aliphatic heterocycles. The Morgan fingerprint density at radius 1 is 1.21 bits per heavy atom. The van der Waals surface area contributed by atoms with Gasteiger partial charge in [-0.25, -0.2) is 13.1 Å². The monoisotopic (exact) mass is 421 g/mol. The summed E-state index contributed by atoms with van der Waals surface area (Å²) in [4.78, 5) is 8.13. The quantitative estimate of drug-likeness (QED) is 0.318. The van der Waals surface area contributed by atoms with Crippen LogP contribution in [0.1, 0.15) is 18.5 Å². The maximum Gasteiger partial charge on any atom is 0.242 e. The van der Waals surface area contributed by atoms with Crippen LogP contribution in [0, 0.1) is 0 Å². The van der Waals surface area contributed by atoms with Crippen molar-refractivity contribution in [3.63, 3.8) is 0 Å². The molecule has 29 heavy (non-hydrogen) atoms. The molecule has 2 aromatic rings. The Labute approximate surface area is 171 Å². The number of benzene rings is 1. The molecule has 2 rings (SSSR count). The molecule has 10 heteroatoms. The Hall–Kier alpha value is -2.85. The topological polar surface area (TPSA) is 114 Å². The molecule has 0 bridgehead atoms. The highest BCUT2D eigenvalue weighted by molar-refractivity contribution is 7.89. The summed E-state index contributed by atoms with van der Waals surface area (Å²) in [7, 11) is 1.27. The molecule has 0 saturated carbocycles. The lowest BCUT2D eigenvalue weighted by molar-refractivity contribution is 0.394. The second kappa shape index (κ2) is 10.6. The van der Waals surface area contributed by atoms with Crippen LogP contribution in [0.5, 0.6) is 11.5 Å². The fraction of sp³-hybridized carbons (Fsp3) is 0.368. The van der Waals surface area contributed by atoms with Crippen molar-refractivity contribution in [2.45, 2.75) is 17.9 Å². The fourth-order valence-corrected chi connectivity index (χ4v) is 3.61. The van der Waals surface area contributed by atoms with Crippen LogP contribution in [0.25, 0.3) is 0 Å². The molecule has 158 valence electrons. The predicted octanol–water partition coefficient (Wildman–Crippen LogP) is 1.30. The van der Waals surface area contributed by atoms with Crippen molar-refractivity contribution >= 4 is 16.0 Å². The fourth-order valence-electron chi connectivity index (χ4n) is 2.61. The molecule has 0 amide bonds. The highest BCUT2D eigenvalue weighted by Crippen LogP contribution is 2.29. The Bertz CT molecular complexity index is 919. The van der Waals surface area contributed by atoms with E-state index < -0.39 is 10.0 Å². The van der Waals surface area contributed by atoms with Gasteiger partial charge in [-0.3, -0.25) is 9.98 Å². The van der Waals surface area contributed by atoms with E-state index in [1.165, 1.54) is 18.5 Å². The maximum atomic E-state index is 12.2. The van der Waals surface area contributed by atoms with E-state index in [1.807, 2.05) is 25.1 Å². The third-order valence-electron chi connectivity index (χ3n) is 4.13. The number of rotatable bonds is 9. The average Bonchev–Trinajstić information content (AvgIpc) is 2.75. The van der Waals surface area contributed by atoms with Gasteiger partial charge in [0, 0.05) is 38.1 Å². The molecule has 0 aliphatic rings. The van der Waals surface area contributed by atoms with Gasteiger partial charge < -0.3 is 20.1 Å². The first kappa shape index (κ1) is 22.4. The number of hydrogen-bond donors (Lipinski definition) is 3. The van der Waals surface area contributed by atoms with Gasteiger partial charge in [0.1, 0.15) is 16.4 Å². The van der Waals surface area contributed by atoms with Gasteiger partial charge in [-0.05, 0) is 37.3 Å².